The Morgan fingerprint density at radius 2 is 1.90 bits per heavy atom. The van der Waals surface area contributed by atoms with Crippen molar-refractivity contribution in [2.75, 3.05) is 25.0 Å². The number of pyridine rings is 1. The molecule has 214 valence electrons. The van der Waals surface area contributed by atoms with E-state index in [0.29, 0.717) is 21.2 Å². The molecule has 2 unspecified atom stereocenters. The highest BCUT2D eigenvalue weighted by Gasteiger charge is 2.31. The van der Waals surface area contributed by atoms with E-state index in [2.05, 4.69) is 25.9 Å². The molecule has 0 amide bonds. The summed E-state index contributed by atoms with van der Waals surface area (Å²) in [5.74, 6) is 0.803. The highest BCUT2D eigenvalue weighted by atomic mass is 19.4. The van der Waals surface area contributed by atoms with Crippen LogP contribution in [0.2, 0.25) is 0 Å². The second-order valence-corrected chi connectivity index (χ2v) is 10.6. The van der Waals surface area contributed by atoms with Crippen molar-refractivity contribution in [3.05, 3.63) is 76.2 Å². The van der Waals surface area contributed by atoms with E-state index in [4.69, 9.17) is 4.74 Å². The van der Waals surface area contributed by atoms with Crippen LogP contribution in [0.3, 0.4) is 0 Å². The molecule has 2 saturated heterocycles. The number of aromatic nitrogens is 3. The first-order valence-corrected chi connectivity index (χ1v) is 13.8. The minimum atomic E-state index is -4.62. The second kappa shape index (κ2) is 11.1. The number of anilines is 2. The van der Waals surface area contributed by atoms with E-state index >= 15 is 0 Å². The molecule has 2 aromatic heterocycles. The highest BCUT2D eigenvalue weighted by molar-refractivity contribution is 5.82. The van der Waals surface area contributed by atoms with Crippen LogP contribution < -0.4 is 26.2 Å². The largest absolute Gasteiger partial charge is 0.489 e. The molecule has 3 N–H and O–H groups in total. The number of ether oxygens (including phenoxy) is 1. The molecular weight excluding hydrogens is 533 g/mol. The molecule has 2 atom stereocenters. The van der Waals surface area contributed by atoms with Gasteiger partial charge in [-0.1, -0.05) is 18.2 Å². The number of nitrogens with one attached hydrogen (secondary N) is 3. The highest BCUT2D eigenvalue weighted by Crippen LogP contribution is 2.30. The number of benzene rings is 2. The number of rotatable bonds is 7. The van der Waals surface area contributed by atoms with Crippen molar-refractivity contribution in [1.82, 2.24) is 25.2 Å². The van der Waals surface area contributed by atoms with Crippen LogP contribution in [0.4, 0.5) is 24.8 Å². The Balaban J connectivity index is 1.33. The smallest absolute Gasteiger partial charge is 0.406 e. The monoisotopic (exact) mass is 564 g/mol. The van der Waals surface area contributed by atoms with Gasteiger partial charge in [0, 0.05) is 35.4 Å². The number of halogens is 3. The molecule has 2 aliphatic heterocycles. The third kappa shape index (κ3) is 6.06. The van der Waals surface area contributed by atoms with Gasteiger partial charge in [-0.05, 0) is 86.3 Å². The van der Waals surface area contributed by atoms with Crippen molar-refractivity contribution in [3.63, 3.8) is 0 Å². The van der Waals surface area contributed by atoms with Crippen molar-refractivity contribution in [1.29, 1.82) is 0 Å². The van der Waals surface area contributed by atoms with Gasteiger partial charge in [-0.3, -0.25) is 9.36 Å². The molecule has 11 heteroatoms. The molecule has 0 bridgehead atoms. The van der Waals surface area contributed by atoms with E-state index in [-0.39, 0.29) is 29.3 Å². The van der Waals surface area contributed by atoms with E-state index in [1.54, 1.807) is 18.2 Å². The predicted molar refractivity (Wildman–Crippen MR) is 152 cm³/mol. The molecule has 0 saturated carbocycles. The summed E-state index contributed by atoms with van der Waals surface area (Å²) in [6.07, 6.45) is 0.00107. The third-order valence-corrected chi connectivity index (χ3v) is 7.60. The lowest BCUT2D eigenvalue weighted by Gasteiger charge is -2.17. The molecular formula is C30H31F3N6O2. The maximum Gasteiger partial charge on any atom is 0.406 e. The molecule has 4 heterocycles. The van der Waals surface area contributed by atoms with E-state index in [0.717, 1.165) is 55.8 Å². The summed E-state index contributed by atoms with van der Waals surface area (Å²) in [4.78, 5) is 22.2. The first-order chi connectivity index (χ1) is 19.7. The number of fused-ring (bicyclic) bond motifs is 1. The summed E-state index contributed by atoms with van der Waals surface area (Å²) in [7, 11) is 0. The van der Waals surface area contributed by atoms with Gasteiger partial charge in [-0.2, -0.15) is 18.2 Å². The van der Waals surface area contributed by atoms with Gasteiger partial charge in [-0.15, -0.1) is 0 Å². The normalized spacial score (nSPS) is 19.1. The summed E-state index contributed by atoms with van der Waals surface area (Å²) in [6, 6.07) is 14.8. The van der Waals surface area contributed by atoms with E-state index in [9.17, 15) is 18.0 Å². The second-order valence-electron chi connectivity index (χ2n) is 10.6. The molecule has 6 rings (SSSR count). The van der Waals surface area contributed by atoms with Gasteiger partial charge in [0.2, 0.25) is 5.95 Å². The number of nitrogens with zero attached hydrogens (tertiary/aromatic N) is 3. The quantitative estimate of drug-likeness (QED) is 0.283. The van der Waals surface area contributed by atoms with Crippen LogP contribution >= 0.6 is 0 Å². The van der Waals surface area contributed by atoms with Gasteiger partial charge in [0.25, 0.3) is 5.56 Å². The molecule has 2 aliphatic rings. The topological polar surface area (TPSA) is 93.1 Å². The Kier molecular flexibility index (Phi) is 7.39. The minimum Gasteiger partial charge on any atom is -0.489 e. The summed E-state index contributed by atoms with van der Waals surface area (Å²) in [5, 5.41) is 10.1. The van der Waals surface area contributed by atoms with Gasteiger partial charge in [0.1, 0.15) is 24.0 Å². The van der Waals surface area contributed by atoms with E-state index < -0.39 is 18.3 Å². The Morgan fingerprint density at radius 3 is 2.59 bits per heavy atom. The maximum atomic E-state index is 13.7. The van der Waals surface area contributed by atoms with Gasteiger partial charge >= 0.3 is 6.18 Å². The van der Waals surface area contributed by atoms with Gasteiger partial charge in [0.15, 0.2) is 0 Å². The average Bonchev–Trinajstić information content (AvgIpc) is 3.66. The molecule has 0 radical (unpaired) electrons. The van der Waals surface area contributed by atoms with Crippen molar-refractivity contribution in [2.45, 2.75) is 51.1 Å². The molecule has 0 spiro atoms. The van der Waals surface area contributed by atoms with E-state index in [1.165, 1.54) is 6.20 Å². The van der Waals surface area contributed by atoms with Crippen LogP contribution in [0, 0.1) is 6.92 Å². The molecule has 4 aromatic rings. The molecule has 0 aliphatic carbocycles. The fraction of sp³-hybridized carbons (Fsp3) is 0.367. The van der Waals surface area contributed by atoms with Crippen molar-refractivity contribution >= 4 is 22.7 Å². The number of alkyl halides is 3. The van der Waals surface area contributed by atoms with Crippen LogP contribution in [-0.4, -0.2) is 46.4 Å². The standard InChI is InChI=1S/C30H31F3N6O2/c1-18-13-19(26-3-2-11-35-26)4-9-24(18)25-14-20-15-36-29(38-27(20)39(28(25)40)17-30(31,32)33)37-21-5-7-22(8-6-21)41-23-10-12-34-16-23/h4-9,13-15,23,26,34-35H,2-3,10-12,16-17H2,1H3,(H,36,37,38). The lowest BCUT2D eigenvalue weighted by molar-refractivity contribution is -0.140. The molecule has 2 fully saturated rings. The Bertz CT molecular complexity index is 1610. The van der Waals surface area contributed by atoms with Crippen LogP contribution in [0.25, 0.3) is 22.2 Å². The van der Waals surface area contributed by atoms with Gasteiger partial charge < -0.3 is 20.7 Å². The van der Waals surface area contributed by atoms with Crippen LogP contribution in [0.5, 0.6) is 5.75 Å². The summed E-state index contributed by atoms with van der Waals surface area (Å²) < 4.78 is 47.7. The zero-order valence-electron chi connectivity index (χ0n) is 22.6. The molecule has 41 heavy (non-hydrogen) atoms. The van der Waals surface area contributed by atoms with Crippen molar-refractivity contribution in [3.8, 4) is 16.9 Å². The fourth-order valence-corrected chi connectivity index (χ4v) is 5.58. The Morgan fingerprint density at radius 1 is 1.07 bits per heavy atom. The summed E-state index contributed by atoms with van der Waals surface area (Å²) in [5.41, 5.74) is 2.49. The van der Waals surface area contributed by atoms with Crippen LogP contribution in [0.15, 0.2) is 59.5 Å². The fourth-order valence-electron chi connectivity index (χ4n) is 5.58. The zero-order valence-corrected chi connectivity index (χ0v) is 22.6. The minimum absolute atomic E-state index is 0.0823. The Labute approximate surface area is 235 Å². The van der Waals surface area contributed by atoms with Crippen molar-refractivity contribution < 1.29 is 17.9 Å². The van der Waals surface area contributed by atoms with Crippen LogP contribution in [0.1, 0.15) is 36.4 Å². The molecule has 2 aromatic carbocycles. The lowest BCUT2D eigenvalue weighted by Crippen LogP contribution is -2.30. The van der Waals surface area contributed by atoms with Crippen LogP contribution in [-0.2, 0) is 6.54 Å². The number of hydrogen-bond acceptors (Lipinski definition) is 7. The lowest BCUT2D eigenvalue weighted by atomic mass is 9.95. The van der Waals surface area contributed by atoms with Crippen molar-refractivity contribution in [2.24, 2.45) is 0 Å². The first kappa shape index (κ1) is 27.2. The summed E-state index contributed by atoms with van der Waals surface area (Å²) >= 11 is 0. The van der Waals surface area contributed by atoms with Gasteiger partial charge in [-0.25, -0.2) is 4.98 Å². The summed E-state index contributed by atoms with van der Waals surface area (Å²) in [6.45, 7) is 3.09. The molecule has 8 nitrogen and oxygen atoms in total. The predicted octanol–water partition coefficient (Wildman–Crippen LogP) is 5.24. The Hall–Kier alpha value is -3.96. The number of hydrogen-bond donors (Lipinski definition) is 3. The average molecular weight is 565 g/mol. The van der Waals surface area contributed by atoms with E-state index in [1.807, 2.05) is 37.3 Å². The zero-order chi connectivity index (χ0) is 28.6. The van der Waals surface area contributed by atoms with Gasteiger partial charge in [0.05, 0.1) is 0 Å². The SMILES string of the molecule is Cc1cc(C2CCCN2)ccc1-c1cc2cnc(Nc3ccc(OC4CCNC4)cc3)nc2n(CC(F)(F)F)c1=O. The first-order valence-electron chi connectivity index (χ1n) is 13.8. The number of aryl methyl sites for hydroxylation is 1. The third-order valence-electron chi connectivity index (χ3n) is 7.60. The maximum absolute atomic E-state index is 13.7.